The number of carboxylic acids is 3. The normalized spacial score (nSPS) is 24.4. The van der Waals surface area contributed by atoms with Crippen LogP contribution in [0.5, 0.6) is 5.75 Å². The number of likely N-dealkylation sites (tertiary alicyclic amines) is 1. The van der Waals surface area contributed by atoms with Gasteiger partial charge in [0.2, 0.25) is 0 Å². The Bertz CT molecular complexity index is 879. The summed E-state index contributed by atoms with van der Waals surface area (Å²) in [6, 6.07) is 5.21. The van der Waals surface area contributed by atoms with Crippen molar-refractivity contribution in [1.82, 2.24) is 4.90 Å². The molecule has 0 spiro atoms. The molecular weight excluding hydrogens is 447 g/mol. The Morgan fingerprint density at radius 3 is 2.10 bits per heavy atom. The van der Waals surface area contributed by atoms with Crippen LogP contribution in [0.2, 0.25) is 5.02 Å². The van der Waals surface area contributed by atoms with Crippen molar-refractivity contribution >= 4 is 29.5 Å². The third-order valence-corrected chi connectivity index (χ3v) is 5.45. The van der Waals surface area contributed by atoms with E-state index >= 15 is 0 Å². The molecule has 2 aliphatic rings. The molecule has 1 aromatic rings. The van der Waals surface area contributed by atoms with Crippen molar-refractivity contribution in [2.45, 2.75) is 19.1 Å². The van der Waals surface area contributed by atoms with E-state index in [1.165, 1.54) is 0 Å². The highest BCUT2D eigenvalue weighted by Crippen LogP contribution is 2.68. The summed E-state index contributed by atoms with van der Waals surface area (Å²) < 4.78 is 37.3. The van der Waals surface area contributed by atoms with Crippen LogP contribution < -0.4 is 4.74 Å². The third kappa shape index (κ3) is 4.93. The standard InChI is InChI=1S/C17H18ClNO5.C2HF3O2/c1-2-5-24-13-4-3-12(18)6-11(13)7-19-9-16(14(20)21)8-17(16,10-19)15(22)23;3-2(4,5)1(6)7/h2-4,6H,1,5,7-10H2,(H,20,21)(H,22,23);(H,6,7)/t16-,17+;. The summed E-state index contributed by atoms with van der Waals surface area (Å²) in [5.41, 5.74) is -1.56. The summed E-state index contributed by atoms with van der Waals surface area (Å²) in [5.74, 6) is -4.20. The lowest BCUT2D eigenvalue weighted by molar-refractivity contribution is -0.192. The molecule has 31 heavy (non-hydrogen) atoms. The van der Waals surface area contributed by atoms with E-state index in [4.69, 9.17) is 26.2 Å². The molecule has 1 heterocycles. The van der Waals surface area contributed by atoms with Gasteiger partial charge in [0.05, 0.1) is 10.8 Å². The van der Waals surface area contributed by atoms with Gasteiger partial charge in [-0.15, -0.1) is 0 Å². The minimum absolute atomic E-state index is 0.191. The Kier molecular flexibility index (Phi) is 6.91. The second-order valence-corrected chi connectivity index (χ2v) is 7.69. The summed E-state index contributed by atoms with van der Waals surface area (Å²) in [4.78, 5) is 33.9. The zero-order valence-corrected chi connectivity index (χ0v) is 16.7. The van der Waals surface area contributed by atoms with E-state index in [0.717, 1.165) is 5.56 Å². The van der Waals surface area contributed by atoms with Crippen LogP contribution in [0, 0.1) is 10.8 Å². The summed E-state index contributed by atoms with van der Waals surface area (Å²) in [6.07, 6.45) is -3.27. The van der Waals surface area contributed by atoms with Crippen LogP contribution in [-0.2, 0) is 20.9 Å². The van der Waals surface area contributed by atoms with E-state index in [9.17, 15) is 33.0 Å². The molecule has 0 radical (unpaired) electrons. The number of benzene rings is 1. The highest BCUT2D eigenvalue weighted by atomic mass is 35.5. The summed E-state index contributed by atoms with van der Waals surface area (Å²) in [5, 5.41) is 26.6. The largest absolute Gasteiger partial charge is 0.490 e. The maximum Gasteiger partial charge on any atom is 0.490 e. The molecule has 12 heteroatoms. The molecule has 3 rings (SSSR count). The molecule has 0 aromatic heterocycles. The first-order valence-corrected chi connectivity index (χ1v) is 9.18. The third-order valence-electron chi connectivity index (χ3n) is 5.22. The van der Waals surface area contributed by atoms with Crippen LogP contribution in [0.15, 0.2) is 30.9 Å². The van der Waals surface area contributed by atoms with E-state index < -0.39 is 34.9 Å². The van der Waals surface area contributed by atoms with Crippen molar-refractivity contribution in [3.05, 3.63) is 41.4 Å². The highest BCUT2D eigenvalue weighted by Gasteiger charge is 2.80. The van der Waals surface area contributed by atoms with Gasteiger partial charge in [0.15, 0.2) is 0 Å². The number of nitrogens with zero attached hydrogens (tertiary/aromatic N) is 1. The van der Waals surface area contributed by atoms with Crippen molar-refractivity contribution in [2.24, 2.45) is 10.8 Å². The van der Waals surface area contributed by atoms with Crippen molar-refractivity contribution in [3.8, 4) is 5.75 Å². The molecule has 8 nitrogen and oxygen atoms in total. The average molecular weight is 466 g/mol. The van der Waals surface area contributed by atoms with Gasteiger partial charge in [-0.25, -0.2) is 4.79 Å². The zero-order valence-electron chi connectivity index (χ0n) is 16.0. The summed E-state index contributed by atoms with van der Waals surface area (Å²) >= 11 is 6.05. The molecule has 1 aliphatic heterocycles. The predicted molar refractivity (Wildman–Crippen MR) is 101 cm³/mol. The highest BCUT2D eigenvalue weighted by molar-refractivity contribution is 6.30. The smallest absolute Gasteiger partial charge is 0.489 e. The first-order valence-electron chi connectivity index (χ1n) is 8.80. The van der Waals surface area contributed by atoms with Gasteiger partial charge in [-0.05, 0) is 24.6 Å². The minimum atomic E-state index is -5.08. The monoisotopic (exact) mass is 465 g/mol. The lowest BCUT2D eigenvalue weighted by Crippen LogP contribution is -2.28. The summed E-state index contributed by atoms with van der Waals surface area (Å²) in [6.45, 7) is 4.75. The first kappa shape index (κ1) is 24.5. The molecular formula is C19H19ClF3NO7. The number of aliphatic carboxylic acids is 3. The second kappa shape index (κ2) is 8.75. The van der Waals surface area contributed by atoms with Gasteiger partial charge in [-0.1, -0.05) is 24.3 Å². The van der Waals surface area contributed by atoms with Crippen LogP contribution in [0.4, 0.5) is 13.2 Å². The quantitative estimate of drug-likeness (QED) is 0.525. The predicted octanol–water partition coefficient (Wildman–Crippen LogP) is 2.90. The van der Waals surface area contributed by atoms with Crippen LogP contribution in [-0.4, -0.2) is 64.0 Å². The number of halogens is 4. The molecule has 0 bridgehead atoms. The zero-order chi connectivity index (χ0) is 23.6. The van der Waals surface area contributed by atoms with Gasteiger partial charge in [-0.3, -0.25) is 14.5 Å². The Hall–Kier alpha value is -2.79. The Labute approximate surface area is 179 Å². The van der Waals surface area contributed by atoms with E-state index in [1.54, 1.807) is 24.3 Å². The van der Waals surface area contributed by atoms with Crippen molar-refractivity contribution in [3.63, 3.8) is 0 Å². The van der Waals surface area contributed by atoms with Gasteiger partial charge in [0, 0.05) is 30.2 Å². The number of fused-ring (bicyclic) bond motifs is 1. The lowest BCUT2D eigenvalue weighted by Gasteiger charge is -2.21. The van der Waals surface area contributed by atoms with E-state index in [2.05, 4.69) is 6.58 Å². The number of hydrogen-bond donors (Lipinski definition) is 3. The van der Waals surface area contributed by atoms with E-state index in [1.807, 2.05) is 4.90 Å². The van der Waals surface area contributed by atoms with Crippen LogP contribution in [0.1, 0.15) is 12.0 Å². The fourth-order valence-electron chi connectivity index (χ4n) is 3.71. The molecule has 0 amide bonds. The average Bonchev–Trinajstić information content (AvgIpc) is 3.20. The number of alkyl halides is 3. The molecule has 170 valence electrons. The fourth-order valence-corrected chi connectivity index (χ4v) is 3.91. The Morgan fingerprint density at radius 2 is 1.68 bits per heavy atom. The van der Waals surface area contributed by atoms with Gasteiger partial charge in [0.25, 0.3) is 0 Å². The van der Waals surface area contributed by atoms with Crippen molar-refractivity contribution in [2.75, 3.05) is 19.7 Å². The van der Waals surface area contributed by atoms with Crippen LogP contribution >= 0.6 is 11.6 Å². The molecule has 3 N–H and O–H groups in total. The van der Waals surface area contributed by atoms with Gasteiger partial charge in [-0.2, -0.15) is 13.2 Å². The molecule has 2 atom stereocenters. The van der Waals surface area contributed by atoms with E-state index in [-0.39, 0.29) is 19.5 Å². The van der Waals surface area contributed by atoms with Crippen molar-refractivity contribution in [1.29, 1.82) is 0 Å². The van der Waals surface area contributed by atoms with Gasteiger partial charge in [0.1, 0.15) is 12.4 Å². The maximum atomic E-state index is 11.6. The molecule has 2 fully saturated rings. The van der Waals surface area contributed by atoms with Crippen LogP contribution in [0.25, 0.3) is 0 Å². The number of rotatable bonds is 7. The first-order chi connectivity index (χ1) is 14.3. The molecule has 1 aromatic carbocycles. The fraction of sp³-hybridized carbons (Fsp3) is 0.421. The molecule has 1 aliphatic carbocycles. The van der Waals surface area contributed by atoms with Gasteiger partial charge >= 0.3 is 24.1 Å². The second-order valence-electron chi connectivity index (χ2n) is 7.25. The number of ether oxygens (including phenoxy) is 1. The summed E-state index contributed by atoms with van der Waals surface area (Å²) in [7, 11) is 0. The minimum Gasteiger partial charge on any atom is -0.489 e. The number of piperidine rings is 1. The number of carbonyl (C=O) groups is 3. The molecule has 1 saturated carbocycles. The topological polar surface area (TPSA) is 124 Å². The maximum absolute atomic E-state index is 11.6. The Balaban J connectivity index is 0.000000423. The van der Waals surface area contributed by atoms with Gasteiger partial charge < -0.3 is 20.1 Å². The molecule has 1 saturated heterocycles. The SMILES string of the molecule is C=CCOc1ccc(Cl)cc1CN1C[C@@]2(C(=O)O)C[C@@]2(C(=O)O)C1.O=C(O)C(F)(F)F. The number of carboxylic acid groups (broad SMARTS) is 3. The van der Waals surface area contributed by atoms with Crippen LogP contribution in [0.3, 0.4) is 0 Å². The van der Waals surface area contributed by atoms with E-state index in [0.29, 0.717) is 23.9 Å². The lowest BCUT2D eigenvalue weighted by atomic mass is 9.97. The Morgan fingerprint density at radius 1 is 1.16 bits per heavy atom. The molecule has 0 unspecified atom stereocenters. The van der Waals surface area contributed by atoms with Crippen molar-refractivity contribution < 1.29 is 47.6 Å². The number of hydrogen-bond acceptors (Lipinski definition) is 5.